The molecule has 0 saturated heterocycles. The summed E-state index contributed by atoms with van der Waals surface area (Å²) >= 11 is 0. The highest BCUT2D eigenvalue weighted by molar-refractivity contribution is 5.93. The Labute approximate surface area is 154 Å². The number of halogens is 6. The Morgan fingerprint density at radius 3 is 2.04 bits per heavy atom. The minimum atomic E-state index is -4.94. The second-order valence-electron chi connectivity index (χ2n) is 5.88. The molecule has 1 heterocycles. The van der Waals surface area contributed by atoms with Crippen molar-refractivity contribution < 1.29 is 40.3 Å². The molecule has 0 bridgehead atoms. The molecule has 0 aliphatic carbocycles. The number of benzene rings is 2. The predicted octanol–water partition coefficient (Wildman–Crippen LogP) is 6.31. The van der Waals surface area contributed by atoms with Crippen LogP contribution in [0.4, 0.5) is 26.3 Å². The number of carbonyl (C=O) groups excluding carboxylic acids is 1. The smallest absolute Gasteiger partial charge is 0.416 e. The van der Waals surface area contributed by atoms with Gasteiger partial charge in [0.05, 0.1) is 17.7 Å². The summed E-state index contributed by atoms with van der Waals surface area (Å²) in [6.45, 7) is 1.72. The largest absolute Gasteiger partial charge is 0.460 e. The van der Waals surface area contributed by atoms with E-state index in [9.17, 15) is 31.1 Å². The van der Waals surface area contributed by atoms with Gasteiger partial charge in [-0.25, -0.2) is 4.79 Å². The topological polar surface area (TPSA) is 39.4 Å². The van der Waals surface area contributed by atoms with Gasteiger partial charge in [-0.3, -0.25) is 0 Å². The molecule has 3 nitrogen and oxygen atoms in total. The maximum atomic E-state index is 13.0. The quantitative estimate of drug-likeness (QED) is 0.381. The molecule has 0 saturated carbocycles. The van der Waals surface area contributed by atoms with Crippen LogP contribution in [-0.4, -0.2) is 12.6 Å². The highest BCUT2D eigenvalue weighted by atomic mass is 19.4. The number of ether oxygens (including phenoxy) is 1. The molecular formula is C19H12F6O3. The molecule has 0 N–H and O–H groups in total. The normalized spacial score (nSPS) is 12.4. The number of rotatable bonds is 3. The van der Waals surface area contributed by atoms with Crippen molar-refractivity contribution in [3.63, 3.8) is 0 Å². The van der Waals surface area contributed by atoms with Crippen LogP contribution in [0.1, 0.15) is 28.6 Å². The van der Waals surface area contributed by atoms with Gasteiger partial charge in [-0.2, -0.15) is 26.3 Å². The third kappa shape index (κ3) is 3.97. The number of furan rings is 1. The van der Waals surface area contributed by atoms with Crippen LogP contribution in [-0.2, 0) is 17.1 Å². The third-order valence-corrected chi connectivity index (χ3v) is 3.92. The summed E-state index contributed by atoms with van der Waals surface area (Å²) in [7, 11) is 0. The predicted molar refractivity (Wildman–Crippen MR) is 87.6 cm³/mol. The van der Waals surface area contributed by atoms with E-state index in [0.717, 1.165) is 0 Å². The van der Waals surface area contributed by atoms with Crippen LogP contribution in [0.5, 0.6) is 0 Å². The van der Waals surface area contributed by atoms with Gasteiger partial charge >= 0.3 is 18.3 Å². The van der Waals surface area contributed by atoms with E-state index in [1.54, 1.807) is 6.92 Å². The van der Waals surface area contributed by atoms with Crippen LogP contribution in [0.15, 0.2) is 46.9 Å². The van der Waals surface area contributed by atoms with Gasteiger partial charge in [-0.05, 0) is 48.4 Å². The maximum absolute atomic E-state index is 13.0. The molecule has 0 radical (unpaired) electrons. The molecule has 0 unspecified atom stereocenters. The molecule has 2 aromatic carbocycles. The fourth-order valence-corrected chi connectivity index (χ4v) is 2.64. The van der Waals surface area contributed by atoms with Crippen LogP contribution in [0, 0.1) is 0 Å². The van der Waals surface area contributed by atoms with E-state index < -0.39 is 29.4 Å². The number of fused-ring (bicyclic) bond motifs is 1. The lowest BCUT2D eigenvalue weighted by Gasteiger charge is -2.14. The van der Waals surface area contributed by atoms with E-state index in [4.69, 9.17) is 9.15 Å². The molecule has 0 amide bonds. The van der Waals surface area contributed by atoms with Crippen LogP contribution in [0.25, 0.3) is 22.1 Å². The second kappa shape index (κ2) is 6.88. The molecule has 148 valence electrons. The molecule has 0 fully saturated rings. The molecule has 28 heavy (non-hydrogen) atoms. The minimum absolute atomic E-state index is 0.0633. The first-order valence-corrected chi connectivity index (χ1v) is 7.99. The molecule has 3 rings (SSSR count). The Bertz CT molecular complexity index is 998. The van der Waals surface area contributed by atoms with Gasteiger partial charge < -0.3 is 9.15 Å². The maximum Gasteiger partial charge on any atom is 0.416 e. The molecular weight excluding hydrogens is 390 g/mol. The summed E-state index contributed by atoms with van der Waals surface area (Å²) in [4.78, 5) is 11.7. The number of esters is 1. The Morgan fingerprint density at radius 2 is 1.50 bits per heavy atom. The van der Waals surface area contributed by atoms with Crippen molar-refractivity contribution in [3.8, 4) is 11.1 Å². The molecule has 0 atom stereocenters. The summed E-state index contributed by atoms with van der Waals surface area (Å²) in [6, 6.07) is 6.76. The van der Waals surface area contributed by atoms with Gasteiger partial charge in [0.15, 0.2) is 0 Å². The van der Waals surface area contributed by atoms with Crippen molar-refractivity contribution in [2.75, 3.05) is 6.61 Å². The average Bonchev–Trinajstić information content (AvgIpc) is 3.03. The number of alkyl halides is 6. The van der Waals surface area contributed by atoms with Crippen molar-refractivity contribution in [2.45, 2.75) is 19.3 Å². The van der Waals surface area contributed by atoms with Crippen molar-refractivity contribution in [2.24, 2.45) is 0 Å². The van der Waals surface area contributed by atoms with Crippen molar-refractivity contribution in [1.82, 2.24) is 0 Å². The van der Waals surface area contributed by atoms with Crippen molar-refractivity contribution in [1.29, 1.82) is 0 Å². The first-order chi connectivity index (χ1) is 13.0. The zero-order chi connectivity index (χ0) is 20.7. The van der Waals surface area contributed by atoms with Crippen molar-refractivity contribution in [3.05, 3.63) is 59.4 Å². The van der Waals surface area contributed by atoms with Gasteiger partial charge in [0.25, 0.3) is 0 Å². The average molecular weight is 402 g/mol. The Kier molecular flexibility index (Phi) is 4.86. The van der Waals surface area contributed by atoms with Gasteiger partial charge in [0.2, 0.25) is 5.76 Å². The lowest BCUT2D eigenvalue weighted by atomic mass is 9.98. The lowest BCUT2D eigenvalue weighted by molar-refractivity contribution is -0.143. The molecule has 3 aromatic rings. The van der Waals surface area contributed by atoms with E-state index >= 15 is 0 Å². The van der Waals surface area contributed by atoms with Crippen LogP contribution in [0.2, 0.25) is 0 Å². The summed E-state index contributed by atoms with van der Waals surface area (Å²) in [5.41, 5.74) is -2.90. The van der Waals surface area contributed by atoms with E-state index in [2.05, 4.69) is 0 Å². The molecule has 1 aromatic heterocycles. The number of hydrogen-bond donors (Lipinski definition) is 0. The van der Waals surface area contributed by atoms with Crippen molar-refractivity contribution >= 4 is 16.9 Å². The number of carbonyl (C=O) groups is 1. The summed E-state index contributed by atoms with van der Waals surface area (Å²) in [6.07, 6.45) is -9.89. The van der Waals surface area contributed by atoms with Gasteiger partial charge in [-0.1, -0.05) is 12.1 Å². The first kappa shape index (κ1) is 19.8. The minimum Gasteiger partial charge on any atom is -0.460 e. The van der Waals surface area contributed by atoms with Gasteiger partial charge in [0.1, 0.15) is 5.58 Å². The zero-order valence-electron chi connectivity index (χ0n) is 14.2. The monoisotopic (exact) mass is 402 g/mol. The van der Waals surface area contributed by atoms with Gasteiger partial charge in [0, 0.05) is 5.39 Å². The molecule has 0 aliphatic rings. The fourth-order valence-electron chi connectivity index (χ4n) is 2.64. The van der Waals surface area contributed by atoms with E-state index in [1.165, 1.54) is 24.3 Å². The SMILES string of the molecule is CCOC(=O)c1cc2ccc(-c3cc(C(F)(F)F)cc(C(F)(F)F)c3)cc2o1. The highest BCUT2D eigenvalue weighted by Crippen LogP contribution is 2.39. The van der Waals surface area contributed by atoms with E-state index in [-0.39, 0.29) is 35.1 Å². The first-order valence-electron chi connectivity index (χ1n) is 7.99. The van der Waals surface area contributed by atoms with Crippen LogP contribution in [0.3, 0.4) is 0 Å². The van der Waals surface area contributed by atoms with Gasteiger partial charge in [-0.15, -0.1) is 0 Å². The molecule has 9 heteroatoms. The summed E-state index contributed by atoms with van der Waals surface area (Å²) in [5, 5.41) is 0.454. The second-order valence-corrected chi connectivity index (χ2v) is 5.88. The Hall–Kier alpha value is -2.97. The molecule has 0 spiro atoms. The fraction of sp³-hybridized carbons (Fsp3) is 0.211. The number of hydrogen-bond acceptors (Lipinski definition) is 3. The zero-order valence-corrected chi connectivity index (χ0v) is 14.2. The van der Waals surface area contributed by atoms with Crippen LogP contribution < -0.4 is 0 Å². The Morgan fingerprint density at radius 1 is 0.893 bits per heavy atom. The summed E-state index contributed by atoms with van der Waals surface area (Å²) in [5.74, 6) is -0.840. The van der Waals surface area contributed by atoms with Crippen LogP contribution >= 0.6 is 0 Å². The summed E-state index contributed by atoms with van der Waals surface area (Å²) < 4.78 is 88.3. The van der Waals surface area contributed by atoms with E-state index in [1.807, 2.05) is 0 Å². The standard InChI is InChI=1S/C19H12F6O3/c1-2-27-17(26)16-8-11-4-3-10(7-15(11)28-16)12-5-13(18(20,21)22)9-14(6-12)19(23,24)25/h3-9H,2H2,1H3. The third-order valence-electron chi connectivity index (χ3n) is 3.92. The highest BCUT2D eigenvalue weighted by Gasteiger charge is 2.37. The molecule has 0 aliphatic heterocycles. The van der Waals surface area contributed by atoms with E-state index in [0.29, 0.717) is 17.5 Å². The Balaban J connectivity index is 2.11. The lowest BCUT2D eigenvalue weighted by Crippen LogP contribution is -2.11.